The van der Waals surface area contributed by atoms with Gasteiger partial charge in [-0.05, 0) is 37.0 Å². The Morgan fingerprint density at radius 2 is 2.00 bits per heavy atom. The van der Waals surface area contributed by atoms with E-state index in [9.17, 15) is 0 Å². The summed E-state index contributed by atoms with van der Waals surface area (Å²) in [5.41, 5.74) is 1.70. The van der Waals surface area contributed by atoms with E-state index in [2.05, 4.69) is 49.6 Å². The first-order valence-corrected chi connectivity index (χ1v) is 6.76. The molecule has 0 unspecified atom stereocenters. The summed E-state index contributed by atoms with van der Waals surface area (Å²) in [4.78, 5) is 0. The van der Waals surface area contributed by atoms with Crippen molar-refractivity contribution in [3.05, 3.63) is 11.9 Å². The molecule has 1 aromatic heterocycles. The Labute approximate surface area is 106 Å². The van der Waals surface area contributed by atoms with Gasteiger partial charge in [-0.25, -0.2) is 4.68 Å². The van der Waals surface area contributed by atoms with Gasteiger partial charge in [-0.1, -0.05) is 39.8 Å². The van der Waals surface area contributed by atoms with Gasteiger partial charge in [0.1, 0.15) is 0 Å². The van der Waals surface area contributed by atoms with Crippen LogP contribution < -0.4 is 0 Å². The zero-order valence-corrected chi connectivity index (χ0v) is 12.0. The second-order valence-corrected chi connectivity index (χ2v) is 6.55. The highest BCUT2D eigenvalue weighted by Crippen LogP contribution is 2.21. The van der Waals surface area contributed by atoms with Crippen LogP contribution in [-0.4, -0.2) is 15.0 Å². The smallest absolute Gasteiger partial charge is 0.0725 e. The maximum Gasteiger partial charge on any atom is 0.0725 e. The van der Waals surface area contributed by atoms with Gasteiger partial charge in [-0.15, -0.1) is 5.10 Å². The summed E-state index contributed by atoms with van der Waals surface area (Å²) in [7, 11) is 0. The predicted molar refractivity (Wildman–Crippen MR) is 71.9 cm³/mol. The Morgan fingerprint density at radius 1 is 1.29 bits per heavy atom. The molecule has 1 rings (SSSR count). The van der Waals surface area contributed by atoms with Crippen LogP contribution in [0, 0.1) is 11.3 Å². The van der Waals surface area contributed by atoms with Crippen LogP contribution in [0.15, 0.2) is 6.20 Å². The molecule has 17 heavy (non-hydrogen) atoms. The second-order valence-electron chi connectivity index (χ2n) is 6.55. The van der Waals surface area contributed by atoms with Crippen LogP contribution >= 0.6 is 0 Å². The SMILES string of the molecule is CC(C)CCc1cnnn1CCCC(C)(C)C. The van der Waals surface area contributed by atoms with Crippen molar-refractivity contribution in [1.29, 1.82) is 0 Å². The second kappa shape index (κ2) is 6.18. The molecule has 1 aromatic rings. The molecular weight excluding hydrogens is 210 g/mol. The quantitative estimate of drug-likeness (QED) is 0.755. The van der Waals surface area contributed by atoms with E-state index in [4.69, 9.17) is 0 Å². The van der Waals surface area contributed by atoms with E-state index in [1.165, 1.54) is 25.0 Å². The lowest BCUT2D eigenvalue weighted by molar-refractivity contribution is 0.345. The fourth-order valence-corrected chi connectivity index (χ4v) is 1.86. The lowest BCUT2D eigenvalue weighted by atomic mass is 9.91. The molecule has 1 heterocycles. The Balaban J connectivity index is 2.40. The van der Waals surface area contributed by atoms with Gasteiger partial charge in [0, 0.05) is 6.54 Å². The van der Waals surface area contributed by atoms with Crippen molar-refractivity contribution in [2.75, 3.05) is 0 Å². The number of hydrogen-bond donors (Lipinski definition) is 0. The minimum atomic E-state index is 0.415. The maximum absolute atomic E-state index is 4.18. The summed E-state index contributed by atoms with van der Waals surface area (Å²) in [6.45, 7) is 12.4. The summed E-state index contributed by atoms with van der Waals surface area (Å²) in [5.74, 6) is 0.743. The molecule has 98 valence electrons. The zero-order valence-electron chi connectivity index (χ0n) is 12.0. The van der Waals surface area contributed by atoms with Gasteiger partial charge in [0.15, 0.2) is 0 Å². The predicted octanol–water partition coefficient (Wildman–Crippen LogP) is 3.69. The summed E-state index contributed by atoms with van der Waals surface area (Å²) in [5, 5.41) is 8.21. The highest BCUT2D eigenvalue weighted by atomic mass is 15.4. The average molecular weight is 237 g/mol. The minimum Gasteiger partial charge on any atom is -0.249 e. The topological polar surface area (TPSA) is 30.7 Å². The molecule has 0 saturated heterocycles. The average Bonchev–Trinajstić information content (AvgIpc) is 2.60. The first kappa shape index (κ1) is 14.2. The number of rotatable bonds is 6. The van der Waals surface area contributed by atoms with Gasteiger partial charge in [0.25, 0.3) is 0 Å². The van der Waals surface area contributed by atoms with Crippen LogP contribution in [0.2, 0.25) is 0 Å². The van der Waals surface area contributed by atoms with Crippen molar-refractivity contribution in [3.8, 4) is 0 Å². The molecule has 0 aliphatic rings. The molecule has 3 nitrogen and oxygen atoms in total. The number of aromatic nitrogens is 3. The number of nitrogens with zero attached hydrogens (tertiary/aromatic N) is 3. The third kappa shape index (κ3) is 5.85. The molecular formula is C14H27N3. The molecule has 0 bridgehead atoms. The van der Waals surface area contributed by atoms with E-state index in [-0.39, 0.29) is 0 Å². The van der Waals surface area contributed by atoms with Gasteiger partial charge in [0.05, 0.1) is 11.9 Å². The Hall–Kier alpha value is -0.860. The number of aryl methyl sites for hydroxylation is 2. The molecule has 0 saturated carbocycles. The molecule has 0 N–H and O–H groups in total. The third-order valence-corrected chi connectivity index (χ3v) is 2.97. The van der Waals surface area contributed by atoms with Crippen molar-refractivity contribution in [3.63, 3.8) is 0 Å². The molecule has 0 radical (unpaired) electrons. The Bertz CT molecular complexity index is 320. The fraction of sp³-hybridized carbons (Fsp3) is 0.857. The molecule has 0 aliphatic heterocycles. The van der Waals surface area contributed by atoms with Crippen molar-refractivity contribution >= 4 is 0 Å². The fourth-order valence-electron chi connectivity index (χ4n) is 1.86. The summed E-state index contributed by atoms with van der Waals surface area (Å²) in [6, 6.07) is 0. The molecule has 0 atom stereocenters. The Kier molecular flexibility index (Phi) is 5.16. The minimum absolute atomic E-state index is 0.415. The van der Waals surface area contributed by atoms with E-state index in [1.807, 2.05) is 6.20 Å². The largest absolute Gasteiger partial charge is 0.249 e. The highest BCUT2D eigenvalue weighted by Gasteiger charge is 2.11. The van der Waals surface area contributed by atoms with E-state index < -0.39 is 0 Å². The van der Waals surface area contributed by atoms with E-state index in [0.717, 1.165) is 18.9 Å². The van der Waals surface area contributed by atoms with Crippen molar-refractivity contribution in [1.82, 2.24) is 15.0 Å². The standard InChI is InChI=1S/C14H27N3/c1-12(2)7-8-13-11-15-16-17(13)10-6-9-14(3,4)5/h11-12H,6-10H2,1-5H3. The molecule has 0 amide bonds. The normalized spacial score (nSPS) is 12.4. The summed E-state index contributed by atoms with van der Waals surface area (Å²) in [6.07, 6.45) is 6.64. The summed E-state index contributed by atoms with van der Waals surface area (Å²) >= 11 is 0. The van der Waals surface area contributed by atoms with Crippen LogP contribution in [0.1, 0.15) is 59.6 Å². The molecule has 0 aromatic carbocycles. The molecule has 0 fully saturated rings. The number of hydrogen-bond acceptors (Lipinski definition) is 2. The van der Waals surface area contributed by atoms with E-state index >= 15 is 0 Å². The monoisotopic (exact) mass is 237 g/mol. The van der Waals surface area contributed by atoms with Gasteiger partial charge in [-0.2, -0.15) is 0 Å². The highest BCUT2D eigenvalue weighted by molar-refractivity contribution is 4.94. The Morgan fingerprint density at radius 3 is 2.59 bits per heavy atom. The van der Waals surface area contributed by atoms with E-state index in [0.29, 0.717) is 5.41 Å². The van der Waals surface area contributed by atoms with Crippen LogP contribution in [0.4, 0.5) is 0 Å². The first-order chi connectivity index (χ1) is 7.88. The molecule has 0 aliphatic carbocycles. The van der Waals surface area contributed by atoms with Crippen molar-refractivity contribution < 1.29 is 0 Å². The van der Waals surface area contributed by atoms with Gasteiger partial charge in [-0.3, -0.25) is 0 Å². The first-order valence-electron chi connectivity index (χ1n) is 6.76. The zero-order chi connectivity index (χ0) is 12.9. The van der Waals surface area contributed by atoms with Gasteiger partial charge >= 0.3 is 0 Å². The van der Waals surface area contributed by atoms with Crippen LogP contribution in [-0.2, 0) is 13.0 Å². The van der Waals surface area contributed by atoms with Crippen LogP contribution in [0.25, 0.3) is 0 Å². The van der Waals surface area contributed by atoms with Crippen LogP contribution in [0.3, 0.4) is 0 Å². The third-order valence-electron chi connectivity index (χ3n) is 2.97. The van der Waals surface area contributed by atoms with Gasteiger partial charge in [0.2, 0.25) is 0 Å². The van der Waals surface area contributed by atoms with Crippen LogP contribution in [0.5, 0.6) is 0 Å². The summed E-state index contributed by atoms with van der Waals surface area (Å²) < 4.78 is 2.08. The lowest BCUT2D eigenvalue weighted by Crippen LogP contribution is -2.10. The molecule has 3 heteroatoms. The maximum atomic E-state index is 4.18. The van der Waals surface area contributed by atoms with Crippen molar-refractivity contribution in [2.45, 2.75) is 66.8 Å². The van der Waals surface area contributed by atoms with E-state index in [1.54, 1.807) is 0 Å². The lowest BCUT2D eigenvalue weighted by Gasteiger charge is -2.17. The van der Waals surface area contributed by atoms with Gasteiger partial charge < -0.3 is 0 Å². The van der Waals surface area contributed by atoms with Crippen molar-refractivity contribution in [2.24, 2.45) is 11.3 Å². The molecule has 0 spiro atoms.